The van der Waals surface area contributed by atoms with E-state index in [0.717, 1.165) is 19.4 Å². The maximum absolute atomic E-state index is 12.6. The number of nitrogens with two attached hydrogens (primary N) is 1. The van der Waals surface area contributed by atoms with Crippen LogP contribution in [-0.2, 0) is 4.79 Å². The molecule has 2 N–H and O–H groups in total. The second-order valence-electron chi connectivity index (χ2n) is 6.69. The summed E-state index contributed by atoms with van der Waals surface area (Å²) in [7, 11) is 0. The van der Waals surface area contributed by atoms with Gasteiger partial charge in [-0.25, -0.2) is 0 Å². The van der Waals surface area contributed by atoms with Gasteiger partial charge in [-0.15, -0.1) is 0 Å². The average Bonchev–Trinajstić information content (AvgIpc) is 3.00. The van der Waals surface area contributed by atoms with E-state index in [9.17, 15) is 4.79 Å². The van der Waals surface area contributed by atoms with Crippen molar-refractivity contribution in [1.29, 1.82) is 0 Å². The Hall–Kier alpha value is -1.35. The standard InChI is InChI=1S/C17H24N2O/c1-3-17(2)9-14(17)16(20)19-10-13(15(18)11-19)12-7-5-4-6-8-12/h4-8,13-15H,3,9-11,18H2,1-2H3/t13-,14?,15+,17?/m0/s1. The van der Waals surface area contributed by atoms with Gasteiger partial charge in [0, 0.05) is 31.0 Å². The normalized spacial score (nSPS) is 36.1. The lowest BCUT2D eigenvalue weighted by Crippen LogP contribution is -2.34. The molecule has 1 amide bonds. The fourth-order valence-electron chi connectivity index (χ4n) is 3.47. The van der Waals surface area contributed by atoms with Crippen molar-refractivity contribution in [2.75, 3.05) is 13.1 Å². The minimum absolute atomic E-state index is 0.0629. The summed E-state index contributed by atoms with van der Waals surface area (Å²) in [6.45, 7) is 5.88. The monoisotopic (exact) mass is 272 g/mol. The van der Waals surface area contributed by atoms with Crippen LogP contribution in [0.15, 0.2) is 30.3 Å². The Morgan fingerprint density at radius 3 is 2.65 bits per heavy atom. The minimum Gasteiger partial charge on any atom is -0.340 e. The second kappa shape index (κ2) is 4.88. The van der Waals surface area contributed by atoms with E-state index in [4.69, 9.17) is 5.73 Å². The quantitative estimate of drug-likeness (QED) is 0.918. The van der Waals surface area contributed by atoms with Gasteiger partial charge in [-0.05, 0) is 23.8 Å². The molecule has 1 heterocycles. The first-order valence-corrected chi connectivity index (χ1v) is 7.64. The minimum atomic E-state index is 0.0629. The summed E-state index contributed by atoms with van der Waals surface area (Å²) in [5.74, 6) is 0.837. The molecule has 3 heteroatoms. The summed E-state index contributed by atoms with van der Waals surface area (Å²) >= 11 is 0. The molecule has 2 unspecified atom stereocenters. The molecule has 4 atom stereocenters. The first-order chi connectivity index (χ1) is 9.55. The maximum Gasteiger partial charge on any atom is 0.226 e. The molecular weight excluding hydrogens is 248 g/mol. The Morgan fingerprint density at radius 2 is 2.05 bits per heavy atom. The van der Waals surface area contributed by atoms with Crippen LogP contribution in [0.3, 0.4) is 0 Å². The molecule has 20 heavy (non-hydrogen) atoms. The van der Waals surface area contributed by atoms with Crippen molar-refractivity contribution in [3.05, 3.63) is 35.9 Å². The van der Waals surface area contributed by atoms with E-state index in [2.05, 4.69) is 26.0 Å². The maximum atomic E-state index is 12.6. The van der Waals surface area contributed by atoms with Crippen LogP contribution >= 0.6 is 0 Å². The number of hydrogen-bond donors (Lipinski definition) is 1. The van der Waals surface area contributed by atoms with Gasteiger partial charge in [0.1, 0.15) is 0 Å². The van der Waals surface area contributed by atoms with Crippen LogP contribution in [0.1, 0.15) is 38.2 Å². The van der Waals surface area contributed by atoms with Crippen molar-refractivity contribution in [3.8, 4) is 0 Å². The third-order valence-electron chi connectivity index (χ3n) is 5.36. The summed E-state index contributed by atoms with van der Waals surface area (Å²) in [6.07, 6.45) is 2.13. The molecule has 2 fully saturated rings. The molecule has 0 radical (unpaired) electrons. The van der Waals surface area contributed by atoms with Crippen molar-refractivity contribution in [2.24, 2.45) is 17.1 Å². The molecule has 108 valence electrons. The number of hydrogen-bond acceptors (Lipinski definition) is 2. The number of carbonyl (C=O) groups is 1. The van der Waals surface area contributed by atoms with E-state index >= 15 is 0 Å². The molecule has 1 aliphatic heterocycles. The molecule has 1 aromatic rings. The average molecular weight is 272 g/mol. The lowest BCUT2D eigenvalue weighted by molar-refractivity contribution is -0.132. The van der Waals surface area contributed by atoms with Crippen LogP contribution in [0.4, 0.5) is 0 Å². The Kier molecular flexibility index (Phi) is 3.33. The van der Waals surface area contributed by atoms with Crippen molar-refractivity contribution in [3.63, 3.8) is 0 Å². The van der Waals surface area contributed by atoms with Crippen molar-refractivity contribution in [1.82, 2.24) is 4.90 Å². The van der Waals surface area contributed by atoms with Crippen LogP contribution in [0, 0.1) is 11.3 Å². The van der Waals surface area contributed by atoms with Crippen LogP contribution in [0.2, 0.25) is 0 Å². The Balaban J connectivity index is 1.69. The molecule has 1 aromatic carbocycles. The molecule has 3 nitrogen and oxygen atoms in total. The predicted molar refractivity (Wildman–Crippen MR) is 80.2 cm³/mol. The number of nitrogens with zero attached hydrogens (tertiary/aromatic N) is 1. The highest BCUT2D eigenvalue weighted by Crippen LogP contribution is 2.55. The zero-order valence-corrected chi connectivity index (χ0v) is 12.4. The van der Waals surface area contributed by atoms with E-state index in [1.165, 1.54) is 5.56 Å². The number of carbonyl (C=O) groups excluding carboxylic acids is 1. The van der Waals surface area contributed by atoms with Gasteiger partial charge >= 0.3 is 0 Å². The molecule has 0 bridgehead atoms. The van der Waals surface area contributed by atoms with Crippen LogP contribution < -0.4 is 5.73 Å². The van der Waals surface area contributed by atoms with Crippen molar-refractivity contribution >= 4 is 5.91 Å². The first-order valence-electron chi connectivity index (χ1n) is 7.64. The summed E-state index contributed by atoms with van der Waals surface area (Å²) < 4.78 is 0. The molecule has 1 aliphatic carbocycles. The van der Waals surface area contributed by atoms with Gasteiger partial charge in [0.2, 0.25) is 5.91 Å². The molecule has 1 saturated carbocycles. The fraction of sp³-hybridized carbons (Fsp3) is 0.588. The number of likely N-dealkylation sites (tertiary alicyclic amines) is 1. The van der Waals surface area contributed by atoms with Crippen LogP contribution in [-0.4, -0.2) is 29.9 Å². The topological polar surface area (TPSA) is 46.3 Å². The largest absolute Gasteiger partial charge is 0.340 e. The van der Waals surface area contributed by atoms with Gasteiger partial charge in [0.25, 0.3) is 0 Å². The second-order valence-corrected chi connectivity index (χ2v) is 6.69. The summed E-state index contributed by atoms with van der Waals surface area (Å²) in [6, 6.07) is 10.4. The fourth-order valence-corrected chi connectivity index (χ4v) is 3.47. The van der Waals surface area contributed by atoms with E-state index in [-0.39, 0.29) is 23.3 Å². The highest BCUT2D eigenvalue weighted by molar-refractivity contribution is 5.83. The van der Waals surface area contributed by atoms with E-state index in [1.807, 2.05) is 23.1 Å². The number of rotatable bonds is 3. The van der Waals surface area contributed by atoms with Gasteiger partial charge in [-0.2, -0.15) is 0 Å². The Morgan fingerprint density at radius 1 is 1.35 bits per heavy atom. The SMILES string of the molecule is CCC1(C)CC1C(=O)N1C[C@@H](N)[C@H](c2ccccc2)C1. The summed E-state index contributed by atoms with van der Waals surface area (Å²) in [4.78, 5) is 14.6. The molecule has 3 rings (SSSR count). The Labute approximate surface area is 121 Å². The lowest BCUT2D eigenvalue weighted by atomic mass is 9.95. The van der Waals surface area contributed by atoms with Gasteiger partial charge in [0.05, 0.1) is 0 Å². The van der Waals surface area contributed by atoms with Gasteiger partial charge in [0.15, 0.2) is 0 Å². The molecule has 1 saturated heterocycles. The summed E-state index contributed by atoms with van der Waals surface area (Å²) in [5.41, 5.74) is 7.76. The zero-order valence-electron chi connectivity index (χ0n) is 12.4. The van der Waals surface area contributed by atoms with Gasteiger partial charge < -0.3 is 10.6 Å². The lowest BCUT2D eigenvalue weighted by Gasteiger charge is -2.18. The van der Waals surface area contributed by atoms with E-state index < -0.39 is 0 Å². The van der Waals surface area contributed by atoms with Gasteiger partial charge in [-0.3, -0.25) is 4.79 Å². The van der Waals surface area contributed by atoms with E-state index in [1.54, 1.807) is 0 Å². The number of benzene rings is 1. The highest BCUT2D eigenvalue weighted by Gasteiger charge is 2.55. The third kappa shape index (κ3) is 2.24. The molecule has 0 spiro atoms. The smallest absolute Gasteiger partial charge is 0.226 e. The predicted octanol–water partition coefficient (Wildman–Crippen LogP) is 2.38. The third-order valence-corrected chi connectivity index (χ3v) is 5.36. The Bertz CT molecular complexity index is 501. The highest BCUT2D eigenvalue weighted by atomic mass is 16.2. The first kappa shape index (κ1) is 13.6. The van der Waals surface area contributed by atoms with Gasteiger partial charge in [-0.1, -0.05) is 44.2 Å². The van der Waals surface area contributed by atoms with E-state index in [0.29, 0.717) is 12.5 Å². The number of amides is 1. The molecular formula is C17H24N2O. The summed E-state index contributed by atoms with van der Waals surface area (Å²) in [5, 5.41) is 0. The van der Waals surface area contributed by atoms with Crippen LogP contribution in [0.25, 0.3) is 0 Å². The van der Waals surface area contributed by atoms with Crippen LogP contribution in [0.5, 0.6) is 0 Å². The zero-order chi connectivity index (χ0) is 14.3. The molecule has 2 aliphatic rings. The van der Waals surface area contributed by atoms with Crippen molar-refractivity contribution < 1.29 is 4.79 Å². The molecule has 0 aromatic heterocycles. The van der Waals surface area contributed by atoms with Crippen molar-refractivity contribution in [2.45, 2.75) is 38.6 Å².